The van der Waals surface area contributed by atoms with E-state index in [4.69, 9.17) is 15.2 Å². The molecule has 1 atom stereocenters. The second-order valence-electron chi connectivity index (χ2n) is 7.70. The van der Waals surface area contributed by atoms with E-state index in [2.05, 4.69) is 17.2 Å². The van der Waals surface area contributed by atoms with Crippen molar-refractivity contribution in [2.45, 2.75) is 89.1 Å². The van der Waals surface area contributed by atoms with Gasteiger partial charge in [0.25, 0.3) is 0 Å². The van der Waals surface area contributed by atoms with E-state index in [1.807, 2.05) is 0 Å². The molecule has 1 saturated heterocycles. The molecule has 0 aromatic rings. The first-order chi connectivity index (χ1) is 11.2. The van der Waals surface area contributed by atoms with E-state index in [9.17, 15) is 0 Å². The van der Waals surface area contributed by atoms with Crippen LogP contribution in [0.25, 0.3) is 0 Å². The quantitative estimate of drug-likeness (QED) is 0.476. The molecule has 3 fully saturated rings. The molecule has 3 rings (SSSR count). The van der Waals surface area contributed by atoms with Crippen molar-refractivity contribution in [3.63, 3.8) is 0 Å². The molecule has 0 aromatic carbocycles. The summed E-state index contributed by atoms with van der Waals surface area (Å²) in [6, 6.07) is 0.494. The lowest BCUT2D eigenvalue weighted by molar-refractivity contribution is -0.190. The van der Waals surface area contributed by atoms with Crippen LogP contribution >= 0.6 is 0 Å². The molecule has 3 N–H and O–H groups in total. The Labute approximate surface area is 140 Å². The predicted molar refractivity (Wildman–Crippen MR) is 92.3 cm³/mol. The van der Waals surface area contributed by atoms with Gasteiger partial charge in [-0.05, 0) is 31.6 Å². The molecule has 2 aliphatic carbocycles. The van der Waals surface area contributed by atoms with Crippen LogP contribution in [-0.2, 0) is 9.47 Å². The van der Waals surface area contributed by atoms with E-state index in [0.29, 0.717) is 25.2 Å². The summed E-state index contributed by atoms with van der Waals surface area (Å²) < 4.78 is 12.2. The molecular formula is C18H33N3O2. The van der Waals surface area contributed by atoms with Gasteiger partial charge in [0.1, 0.15) is 6.10 Å². The SMILES string of the molecule is CC1CCC2(CC1)OCC(CN=C(N)NC1CCCCCC1)O2. The Balaban J connectivity index is 1.42. The largest absolute Gasteiger partial charge is 0.370 e. The molecule has 2 saturated carbocycles. The van der Waals surface area contributed by atoms with Crippen molar-refractivity contribution in [3.8, 4) is 0 Å². The van der Waals surface area contributed by atoms with Crippen LogP contribution in [-0.4, -0.2) is 37.0 Å². The summed E-state index contributed by atoms with van der Waals surface area (Å²) in [5.41, 5.74) is 6.06. The van der Waals surface area contributed by atoms with Crippen molar-refractivity contribution in [3.05, 3.63) is 0 Å². The van der Waals surface area contributed by atoms with Gasteiger partial charge in [-0.25, -0.2) is 0 Å². The minimum absolute atomic E-state index is 0.0536. The third kappa shape index (κ3) is 4.83. The smallest absolute Gasteiger partial charge is 0.188 e. The van der Waals surface area contributed by atoms with Crippen molar-refractivity contribution in [1.29, 1.82) is 0 Å². The zero-order chi connectivity index (χ0) is 16.1. The topological polar surface area (TPSA) is 68.9 Å². The van der Waals surface area contributed by atoms with Gasteiger partial charge >= 0.3 is 0 Å². The van der Waals surface area contributed by atoms with Crippen molar-refractivity contribution in [2.24, 2.45) is 16.6 Å². The highest BCUT2D eigenvalue weighted by molar-refractivity contribution is 5.78. The van der Waals surface area contributed by atoms with E-state index in [-0.39, 0.29) is 11.9 Å². The van der Waals surface area contributed by atoms with Gasteiger partial charge in [-0.15, -0.1) is 0 Å². The Morgan fingerprint density at radius 2 is 1.83 bits per heavy atom. The monoisotopic (exact) mass is 323 g/mol. The lowest BCUT2D eigenvalue weighted by atomic mass is 9.86. The van der Waals surface area contributed by atoms with Gasteiger partial charge < -0.3 is 20.5 Å². The summed E-state index contributed by atoms with van der Waals surface area (Å²) >= 11 is 0. The van der Waals surface area contributed by atoms with Crippen LogP contribution in [0.15, 0.2) is 4.99 Å². The molecule has 1 heterocycles. The van der Waals surface area contributed by atoms with Gasteiger partial charge in [0.2, 0.25) is 0 Å². The van der Waals surface area contributed by atoms with Crippen LogP contribution in [0, 0.1) is 5.92 Å². The number of nitrogens with zero attached hydrogens (tertiary/aromatic N) is 1. The van der Waals surface area contributed by atoms with Crippen LogP contribution in [0.5, 0.6) is 0 Å². The highest BCUT2D eigenvalue weighted by Crippen LogP contribution is 2.39. The molecule has 1 aliphatic heterocycles. The summed E-state index contributed by atoms with van der Waals surface area (Å²) in [4.78, 5) is 4.50. The van der Waals surface area contributed by atoms with Crippen LogP contribution in [0.3, 0.4) is 0 Å². The third-order valence-corrected chi connectivity index (χ3v) is 5.62. The van der Waals surface area contributed by atoms with Crippen LogP contribution in [0.1, 0.15) is 71.1 Å². The number of hydrogen-bond acceptors (Lipinski definition) is 3. The highest BCUT2D eigenvalue weighted by Gasteiger charge is 2.43. The Kier molecular flexibility index (Phi) is 5.81. The van der Waals surface area contributed by atoms with Gasteiger partial charge in [0.15, 0.2) is 11.7 Å². The molecule has 5 nitrogen and oxygen atoms in total. The molecule has 0 amide bonds. The minimum atomic E-state index is -0.323. The molecular weight excluding hydrogens is 290 g/mol. The highest BCUT2D eigenvalue weighted by atomic mass is 16.7. The molecule has 1 spiro atoms. The zero-order valence-electron chi connectivity index (χ0n) is 14.6. The maximum Gasteiger partial charge on any atom is 0.188 e. The average molecular weight is 323 g/mol. The molecule has 23 heavy (non-hydrogen) atoms. The molecule has 1 unspecified atom stereocenters. The van der Waals surface area contributed by atoms with Crippen molar-refractivity contribution >= 4 is 5.96 Å². The van der Waals surface area contributed by atoms with Crippen molar-refractivity contribution < 1.29 is 9.47 Å². The lowest BCUT2D eigenvalue weighted by Gasteiger charge is -2.34. The molecule has 132 valence electrons. The first kappa shape index (κ1) is 17.0. The number of nitrogens with two attached hydrogens (primary N) is 1. The van der Waals surface area contributed by atoms with Crippen LogP contribution in [0.2, 0.25) is 0 Å². The standard InChI is InChI=1S/C18H33N3O2/c1-14-8-10-18(11-9-14)22-13-16(23-18)12-20-17(19)21-15-6-4-2-3-5-7-15/h14-16H,2-13H2,1H3,(H3,19,20,21). The third-order valence-electron chi connectivity index (χ3n) is 5.62. The summed E-state index contributed by atoms with van der Waals surface area (Å²) in [6.45, 7) is 3.56. The zero-order valence-corrected chi connectivity index (χ0v) is 14.6. The predicted octanol–water partition coefficient (Wildman–Crippen LogP) is 2.94. The van der Waals surface area contributed by atoms with Gasteiger partial charge in [-0.2, -0.15) is 0 Å². The summed E-state index contributed by atoms with van der Waals surface area (Å²) in [7, 11) is 0. The molecule has 0 aromatic heterocycles. The first-order valence-corrected chi connectivity index (χ1v) is 9.53. The first-order valence-electron chi connectivity index (χ1n) is 9.53. The van der Waals surface area contributed by atoms with Gasteiger partial charge in [-0.1, -0.05) is 32.6 Å². The molecule has 3 aliphatic rings. The summed E-state index contributed by atoms with van der Waals surface area (Å²) in [5, 5.41) is 3.39. The Morgan fingerprint density at radius 3 is 2.52 bits per heavy atom. The minimum Gasteiger partial charge on any atom is -0.370 e. The fraction of sp³-hybridized carbons (Fsp3) is 0.944. The normalized spacial score (nSPS) is 37.0. The number of hydrogen-bond donors (Lipinski definition) is 2. The van der Waals surface area contributed by atoms with Gasteiger partial charge in [0, 0.05) is 18.9 Å². The Bertz CT molecular complexity index is 397. The van der Waals surface area contributed by atoms with E-state index < -0.39 is 0 Å². The lowest BCUT2D eigenvalue weighted by Crippen LogP contribution is -2.40. The number of ether oxygens (including phenoxy) is 2. The fourth-order valence-electron chi connectivity index (χ4n) is 4.05. The van der Waals surface area contributed by atoms with E-state index in [0.717, 1.165) is 18.8 Å². The van der Waals surface area contributed by atoms with E-state index in [1.54, 1.807) is 0 Å². The number of nitrogens with one attached hydrogen (secondary N) is 1. The van der Waals surface area contributed by atoms with Crippen LogP contribution in [0.4, 0.5) is 0 Å². The van der Waals surface area contributed by atoms with Crippen LogP contribution < -0.4 is 11.1 Å². The van der Waals surface area contributed by atoms with Crippen molar-refractivity contribution in [1.82, 2.24) is 5.32 Å². The van der Waals surface area contributed by atoms with Crippen molar-refractivity contribution in [2.75, 3.05) is 13.2 Å². The average Bonchev–Trinajstić information content (AvgIpc) is 2.76. The Morgan fingerprint density at radius 1 is 1.13 bits per heavy atom. The van der Waals surface area contributed by atoms with E-state index >= 15 is 0 Å². The maximum absolute atomic E-state index is 6.19. The Hall–Kier alpha value is -0.810. The van der Waals surface area contributed by atoms with E-state index in [1.165, 1.54) is 51.4 Å². The van der Waals surface area contributed by atoms with Gasteiger partial charge in [-0.3, -0.25) is 4.99 Å². The number of guanidine groups is 1. The van der Waals surface area contributed by atoms with Gasteiger partial charge in [0.05, 0.1) is 13.2 Å². The summed E-state index contributed by atoms with van der Waals surface area (Å²) in [6.07, 6.45) is 12.2. The number of rotatable bonds is 3. The molecule has 5 heteroatoms. The number of aliphatic imine (C=N–C) groups is 1. The molecule has 0 bridgehead atoms. The maximum atomic E-state index is 6.19. The fourth-order valence-corrected chi connectivity index (χ4v) is 4.05. The molecule has 0 radical (unpaired) electrons. The second kappa shape index (κ2) is 7.84. The summed E-state index contributed by atoms with van der Waals surface area (Å²) in [5.74, 6) is 1.04. The second-order valence-corrected chi connectivity index (χ2v) is 7.70.